The Kier molecular flexibility index (Phi) is 2.45. The van der Waals surface area contributed by atoms with Crippen LogP contribution in [0.4, 0.5) is 0 Å². The number of aryl methyl sites for hydroxylation is 2. The number of benzene rings is 2. The van der Waals surface area contributed by atoms with Crippen LogP contribution in [0.15, 0.2) is 36.4 Å². The summed E-state index contributed by atoms with van der Waals surface area (Å²) in [6.45, 7) is 3.89. The molecule has 0 aliphatic carbocycles. The van der Waals surface area contributed by atoms with Crippen molar-refractivity contribution in [2.75, 3.05) is 0 Å². The maximum atomic E-state index is 9.56. The molecule has 0 fully saturated rings. The van der Waals surface area contributed by atoms with Crippen LogP contribution >= 0.6 is 0 Å². The van der Waals surface area contributed by atoms with Crippen LogP contribution in [0.3, 0.4) is 0 Å². The average Bonchev–Trinajstić information content (AvgIpc) is 2.67. The summed E-state index contributed by atoms with van der Waals surface area (Å²) in [6.07, 6.45) is 0. The second kappa shape index (κ2) is 4.02. The first kappa shape index (κ1) is 11.6. The molecule has 0 aliphatic rings. The van der Waals surface area contributed by atoms with E-state index in [-0.39, 0.29) is 11.5 Å². The van der Waals surface area contributed by atoms with Gasteiger partial charge in [0.1, 0.15) is 11.5 Å². The Morgan fingerprint density at radius 1 is 0.947 bits per heavy atom. The van der Waals surface area contributed by atoms with Gasteiger partial charge in [-0.05, 0) is 55.8 Å². The number of phenolic OH excluding ortho intramolecular Hbond substituents is 2. The predicted molar refractivity (Wildman–Crippen MR) is 73.9 cm³/mol. The highest BCUT2D eigenvalue weighted by atomic mass is 16.3. The lowest BCUT2D eigenvalue weighted by atomic mass is 10.1. The molecule has 0 saturated carbocycles. The van der Waals surface area contributed by atoms with E-state index in [1.54, 1.807) is 30.3 Å². The zero-order chi connectivity index (χ0) is 13.6. The van der Waals surface area contributed by atoms with Crippen molar-refractivity contribution < 1.29 is 10.2 Å². The minimum Gasteiger partial charge on any atom is -0.508 e. The highest BCUT2D eigenvalue weighted by Gasteiger charge is 2.11. The molecule has 0 saturated heterocycles. The van der Waals surface area contributed by atoms with Gasteiger partial charge in [-0.25, -0.2) is 4.68 Å². The molecule has 96 valence electrons. The highest BCUT2D eigenvalue weighted by Crippen LogP contribution is 2.27. The molecule has 0 atom stereocenters. The molecule has 0 aliphatic heterocycles. The van der Waals surface area contributed by atoms with Gasteiger partial charge in [0.15, 0.2) is 0 Å². The van der Waals surface area contributed by atoms with Crippen molar-refractivity contribution >= 4 is 10.9 Å². The molecule has 0 amide bonds. The monoisotopic (exact) mass is 254 g/mol. The van der Waals surface area contributed by atoms with E-state index in [1.165, 1.54) is 0 Å². The van der Waals surface area contributed by atoms with Crippen molar-refractivity contribution in [1.29, 1.82) is 0 Å². The highest BCUT2D eigenvalue weighted by molar-refractivity contribution is 5.83. The summed E-state index contributed by atoms with van der Waals surface area (Å²) in [5.41, 5.74) is 3.66. The van der Waals surface area contributed by atoms with Crippen LogP contribution in [0.25, 0.3) is 16.6 Å². The lowest BCUT2D eigenvalue weighted by Crippen LogP contribution is -2.00. The number of nitrogens with zero attached hydrogens (tertiary/aromatic N) is 2. The Hall–Kier alpha value is -2.49. The molecule has 0 unspecified atom stereocenters. The topological polar surface area (TPSA) is 58.3 Å². The zero-order valence-corrected chi connectivity index (χ0v) is 10.8. The van der Waals surface area contributed by atoms with Crippen LogP contribution in [0.2, 0.25) is 0 Å². The second-order valence-electron chi connectivity index (χ2n) is 4.67. The maximum absolute atomic E-state index is 9.56. The van der Waals surface area contributed by atoms with E-state index in [0.717, 1.165) is 27.8 Å². The summed E-state index contributed by atoms with van der Waals surface area (Å²) < 4.78 is 1.83. The summed E-state index contributed by atoms with van der Waals surface area (Å²) in [5, 5.41) is 24.5. The third-order valence-corrected chi connectivity index (χ3v) is 3.30. The molecule has 0 bridgehead atoms. The van der Waals surface area contributed by atoms with Crippen molar-refractivity contribution in [2.24, 2.45) is 0 Å². The molecule has 2 N–H and O–H groups in total. The average molecular weight is 254 g/mol. The van der Waals surface area contributed by atoms with Gasteiger partial charge in [0, 0.05) is 11.1 Å². The normalized spacial score (nSPS) is 11.1. The third kappa shape index (κ3) is 1.81. The van der Waals surface area contributed by atoms with Crippen LogP contribution in [0, 0.1) is 13.8 Å². The molecule has 1 aromatic heterocycles. The van der Waals surface area contributed by atoms with Gasteiger partial charge in [0.05, 0.1) is 11.2 Å². The van der Waals surface area contributed by atoms with Gasteiger partial charge >= 0.3 is 0 Å². The Labute approximate surface area is 110 Å². The number of rotatable bonds is 1. The first-order valence-corrected chi connectivity index (χ1v) is 6.04. The van der Waals surface area contributed by atoms with Crippen LogP contribution in [-0.4, -0.2) is 20.0 Å². The van der Waals surface area contributed by atoms with Gasteiger partial charge in [-0.15, -0.1) is 0 Å². The molecule has 2 aromatic carbocycles. The Morgan fingerprint density at radius 3 is 2.37 bits per heavy atom. The summed E-state index contributed by atoms with van der Waals surface area (Å²) in [7, 11) is 0. The van der Waals surface area contributed by atoms with E-state index in [2.05, 4.69) is 5.10 Å². The molecular weight excluding hydrogens is 240 g/mol. The summed E-state index contributed by atoms with van der Waals surface area (Å²) in [4.78, 5) is 0. The van der Waals surface area contributed by atoms with Gasteiger partial charge in [-0.1, -0.05) is 0 Å². The van der Waals surface area contributed by atoms with Crippen LogP contribution in [0.5, 0.6) is 11.5 Å². The van der Waals surface area contributed by atoms with Crippen LogP contribution in [0.1, 0.15) is 11.3 Å². The molecule has 4 nitrogen and oxygen atoms in total. The van der Waals surface area contributed by atoms with Crippen molar-refractivity contribution in [3.8, 4) is 17.2 Å². The SMILES string of the molecule is Cc1cc(O)ccc1-n1nc2ccc(O)cc2c1C. The van der Waals surface area contributed by atoms with Crippen molar-refractivity contribution in [1.82, 2.24) is 9.78 Å². The number of hydrogen-bond donors (Lipinski definition) is 2. The lowest BCUT2D eigenvalue weighted by molar-refractivity contribution is 0.474. The summed E-state index contributed by atoms with van der Waals surface area (Å²) >= 11 is 0. The van der Waals surface area contributed by atoms with E-state index >= 15 is 0 Å². The van der Waals surface area contributed by atoms with E-state index in [4.69, 9.17) is 0 Å². The standard InChI is InChI=1S/C15H14N2O2/c1-9-7-11(18)4-6-15(9)17-10(2)13-8-12(19)3-5-14(13)16-17/h3-8,18-19H,1-2H3. The molecule has 0 spiro atoms. The van der Waals surface area contributed by atoms with Crippen molar-refractivity contribution in [2.45, 2.75) is 13.8 Å². The zero-order valence-electron chi connectivity index (χ0n) is 10.8. The number of fused-ring (bicyclic) bond motifs is 1. The van der Waals surface area contributed by atoms with Crippen molar-refractivity contribution in [3.63, 3.8) is 0 Å². The van der Waals surface area contributed by atoms with Gasteiger partial charge in [-0.2, -0.15) is 5.10 Å². The first-order chi connectivity index (χ1) is 9.06. The van der Waals surface area contributed by atoms with Crippen molar-refractivity contribution in [3.05, 3.63) is 47.7 Å². The largest absolute Gasteiger partial charge is 0.508 e. The van der Waals surface area contributed by atoms with E-state index in [0.29, 0.717) is 0 Å². The molecule has 19 heavy (non-hydrogen) atoms. The number of aromatic hydroxyl groups is 2. The minimum absolute atomic E-state index is 0.234. The van der Waals surface area contributed by atoms with E-state index in [1.807, 2.05) is 24.6 Å². The number of phenols is 2. The van der Waals surface area contributed by atoms with Gasteiger partial charge in [0.25, 0.3) is 0 Å². The van der Waals surface area contributed by atoms with Gasteiger partial charge < -0.3 is 10.2 Å². The maximum Gasteiger partial charge on any atom is 0.116 e. The lowest BCUT2D eigenvalue weighted by Gasteiger charge is -2.08. The smallest absolute Gasteiger partial charge is 0.116 e. The molecule has 1 heterocycles. The fourth-order valence-electron chi connectivity index (χ4n) is 2.31. The molecule has 0 radical (unpaired) electrons. The molecule has 3 aromatic rings. The Morgan fingerprint density at radius 2 is 1.63 bits per heavy atom. The van der Waals surface area contributed by atoms with Gasteiger partial charge in [0.2, 0.25) is 0 Å². The van der Waals surface area contributed by atoms with Crippen LogP contribution < -0.4 is 0 Å². The molecular formula is C15H14N2O2. The summed E-state index contributed by atoms with van der Waals surface area (Å²) in [6, 6.07) is 10.3. The van der Waals surface area contributed by atoms with E-state index < -0.39 is 0 Å². The van der Waals surface area contributed by atoms with Gasteiger partial charge in [-0.3, -0.25) is 0 Å². The third-order valence-electron chi connectivity index (χ3n) is 3.30. The molecule has 4 heteroatoms. The Bertz CT molecular complexity index is 775. The summed E-state index contributed by atoms with van der Waals surface area (Å²) in [5.74, 6) is 0.478. The molecule has 3 rings (SSSR count). The fourth-order valence-corrected chi connectivity index (χ4v) is 2.31. The predicted octanol–water partition coefficient (Wildman–Crippen LogP) is 3.05. The minimum atomic E-state index is 0.234. The Balaban J connectivity index is 2.28. The number of hydrogen-bond acceptors (Lipinski definition) is 3. The van der Waals surface area contributed by atoms with E-state index in [9.17, 15) is 10.2 Å². The first-order valence-electron chi connectivity index (χ1n) is 6.04. The fraction of sp³-hybridized carbons (Fsp3) is 0.133. The van der Waals surface area contributed by atoms with Crippen LogP contribution in [-0.2, 0) is 0 Å². The second-order valence-corrected chi connectivity index (χ2v) is 4.67. The number of aromatic nitrogens is 2. The quantitative estimate of drug-likeness (QED) is 0.701.